The van der Waals surface area contributed by atoms with Crippen molar-refractivity contribution in [3.8, 4) is 17.2 Å². The lowest BCUT2D eigenvalue weighted by Crippen LogP contribution is -2.36. The Morgan fingerprint density at radius 1 is 1.20 bits per heavy atom. The van der Waals surface area contributed by atoms with Crippen LogP contribution >= 0.6 is 0 Å². The first-order valence-electron chi connectivity index (χ1n) is 6.49. The van der Waals surface area contributed by atoms with Crippen LogP contribution in [0.15, 0.2) is 42.5 Å². The Kier molecular flexibility index (Phi) is 3.03. The number of ether oxygens (including phenoxy) is 2. The number of phenolic OH excluding ortho intramolecular Hbond substituents is 1. The Balaban J connectivity index is 1.98. The van der Waals surface area contributed by atoms with Gasteiger partial charge in [-0.3, -0.25) is 0 Å². The van der Waals surface area contributed by atoms with E-state index in [0.717, 1.165) is 5.56 Å². The van der Waals surface area contributed by atoms with Crippen LogP contribution in [0.3, 0.4) is 0 Å². The summed E-state index contributed by atoms with van der Waals surface area (Å²) in [5, 5.41) is 20.8. The second-order valence-electron chi connectivity index (χ2n) is 4.88. The van der Waals surface area contributed by atoms with E-state index in [1.165, 1.54) is 13.2 Å². The van der Waals surface area contributed by atoms with Crippen LogP contribution in [0.25, 0.3) is 0 Å². The van der Waals surface area contributed by atoms with Crippen LogP contribution < -0.4 is 9.47 Å². The van der Waals surface area contributed by atoms with E-state index in [9.17, 15) is 10.2 Å². The molecule has 0 spiro atoms. The summed E-state index contributed by atoms with van der Waals surface area (Å²) in [6.45, 7) is 0. The highest BCUT2D eigenvalue weighted by molar-refractivity contribution is 5.44. The molecule has 1 heterocycles. The Morgan fingerprint density at radius 3 is 2.75 bits per heavy atom. The molecule has 1 aliphatic rings. The van der Waals surface area contributed by atoms with Gasteiger partial charge in [-0.05, 0) is 30.2 Å². The van der Waals surface area contributed by atoms with Crippen molar-refractivity contribution in [2.24, 2.45) is 0 Å². The first-order valence-corrected chi connectivity index (χ1v) is 6.49. The van der Waals surface area contributed by atoms with Crippen LogP contribution in [0.5, 0.6) is 17.2 Å². The molecular formula is C16H16O4. The lowest BCUT2D eigenvalue weighted by Gasteiger charge is -2.34. The number of fused-ring (bicyclic) bond motifs is 1. The molecular weight excluding hydrogens is 256 g/mol. The SMILES string of the molecule is COc1ccc(C2(O)CCc3ccccc3O2)c(O)c1. The summed E-state index contributed by atoms with van der Waals surface area (Å²) < 4.78 is 10.8. The van der Waals surface area contributed by atoms with Gasteiger partial charge < -0.3 is 19.7 Å². The second kappa shape index (κ2) is 4.72. The molecule has 0 saturated carbocycles. The summed E-state index contributed by atoms with van der Waals surface area (Å²) in [5.74, 6) is -0.362. The van der Waals surface area contributed by atoms with Crippen LogP contribution in [0.4, 0.5) is 0 Å². The Labute approximate surface area is 117 Å². The standard InChI is InChI=1S/C16H16O4/c1-19-12-6-7-13(14(17)10-12)16(18)9-8-11-4-2-3-5-15(11)20-16/h2-7,10,17-18H,8-9H2,1H3. The molecule has 0 aliphatic carbocycles. The van der Waals surface area contributed by atoms with Gasteiger partial charge in [0, 0.05) is 12.5 Å². The molecule has 0 amide bonds. The molecule has 1 aliphatic heterocycles. The smallest absolute Gasteiger partial charge is 0.238 e. The van der Waals surface area contributed by atoms with Crippen LogP contribution in [-0.4, -0.2) is 17.3 Å². The minimum Gasteiger partial charge on any atom is -0.507 e. The van der Waals surface area contributed by atoms with Crippen molar-refractivity contribution in [2.45, 2.75) is 18.6 Å². The molecule has 0 saturated heterocycles. The maximum absolute atomic E-state index is 10.7. The normalized spacial score (nSPS) is 20.9. The molecule has 1 atom stereocenters. The quantitative estimate of drug-likeness (QED) is 0.882. The topological polar surface area (TPSA) is 58.9 Å². The predicted molar refractivity (Wildman–Crippen MR) is 73.9 cm³/mol. The molecule has 0 fully saturated rings. The van der Waals surface area contributed by atoms with E-state index in [4.69, 9.17) is 9.47 Å². The summed E-state index contributed by atoms with van der Waals surface area (Å²) in [4.78, 5) is 0. The molecule has 20 heavy (non-hydrogen) atoms. The summed E-state index contributed by atoms with van der Waals surface area (Å²) in [6, 6.07) is 12.4. The monoisotopic (exact) mass is 272 g/mol. The number of methoxy groups -OCH3 is 1. The molecule has 2 aromatic carbocycles. The highest BCUT2D eigenvalue weighted by Crippen LogP contribution is 2.41. The Morgan fingerprint density at radius 2 is 2.00 bits per heavy atom. The number of aromatic hydroxyl groups is 1. The zero-order valence-electron chi connectivity index (χ0n) is 11.2. The number of hydrogen-bond donors (Lipinski definition) is 2. The molecule has 0 aromatic heterocycles. The maximum Gasteiger partial charge on any atom is 0.238 e. The minimum absolute atomic E-state index is 0.0359. The average molecular weight is 272 g/mol. The third kappa shape index (κ3) is 2.08. The van der Waals surface area contributed by atoms with Crippen LogP contribution in [0.2, 0.25) is 0 Å². The summed E-state index contributed by atoms with van der Waals surface area (Å²) >= 11 is 0. The number of phenols is 1. The van der Waals surface area contributed by atoms with Gasteiger partial charge in [0.1, 0.15) is 17.2 Å². The summed E-state index contributed by atoms with van der Waals surface area (Å²) in [6.07, 6.45) is 1.09. The number of aliphatic hydroxyl groups is 1. The van der Waals surface area contributed by atoms with Crippen LogP contribution in [-0.2, 0) is 12.2 Å². The summed E-state index contributed by atoms with van der Waals surface area (Å²) in [5.41, 5.74) is 1.41. The highest BCUT2D eigenvalue weighted by Gasteiger charge is 2.38. The molecule has 104 valence electrons. The number of para-hydroxylation sites is 1. The molecule has 4 nitrogen and oxygen atoms in total. The van der Waals surface area contributed by atoms with Crippen molar-refractivity contribution < 1.29 is 19.7 Å². The Bertz CT molecular complexity index is 638. The van der Waals surface area contributed by atoms with Gasteiger partial charge in [-0.1, -0.05) is 18.2 Å². The van der Waals surface area contributed by atoms with Crippen molar-refractivity contribution in [1.82, 2.24) is 0 Å². The number of benzene rings is 2. The highest BCUT2D eigenvalue weighted by atomic mass is 16.6. The van der Waals surface area contributed by atoms with E-state index in [2.05, 4.69) is 0 Å². The fourth-order valence-electron chi connectivity index (χ4n) is 2.51. The zero-order chi connectivity index (χ0) is 14.2. The van der Waals surface area contributed by atoms with Crippen LogP contribution in [0, 0.1) is 0 Å². The molecule has 0 radical (unpaired) electrons. The van der Waals surface area contributed by atoms with Crippen molar-refractivity contribution in [3.05, 3.63) is 53.6 Å². The van der Waals surface area contributed by atoms with Crippen LogP contribution in [0.1, 0.15) is 17.5 Å². The fourth-order valence-corrected chi connectivity index (χ4v) is 2.51. The first kappa shape index (κ1) is 12.8. The first-order chi connectivity index (χ1) is 9.62. The molecule has 1 unspecified atom stereocenters. The average Bonchev–Trinajstić information content (AvgIpc) is 2.46. The van der Waals surface area contributed by atoms with Gasteiger partial charge in [0.25, 0.3) is 0 Å². The molecule has 3 rings (SSSR count). The number of aryl methyl sites for hydroxylation is 1. The molecule has 2 aromatic rings. The zero-order valence-corrected chi connectivity index (χ0v) is 11.2. The van der Waals surface area contributed by atoms with Gasteiger partial charge in [0.15, 0.2) is 0 Å². The maximum atomic E-state index is 10.7. The van der Waals surface area contributed by atoms with E-state index in [1.54, 1.807) is 12.1 Å². The van der Waals surface area contributed by atoms with E-state index in [1.807, 2.05) is 24.3 Å². The van der Waals surface area contributed by atoms with Crippen molar-refractivity contribution >= 4 is 0 Å². The Hall–Kier alpha value is -2.20. The lowest BCUT2D eigenvalue weighted by molar-refractivity contribution is -0.159. The van der Waals surface area contributed by atoms with Gasteiger partial charge in [0.05, 0.1) is 12.7 Å². The molecule has 4 heteroatoms. The lowest BCUT2D eigenvalue weighted by atomic mass is 9.93. The van der Waals surface area contributed by atoms with Crippen molar-refractivity contribution in [1.29, 1.82) is 0 Å². The van der Waals surface area contributed by atoms with Crippen molar-refractivity contribution in [3.63, 3.8) is 0 Å². The number of hydrogen-bond acceptors (Lipinski definition) is 4. The molecule has 2 N–H and O–H groups in total. The van der Waals surface area contributed by atoms with E-state index < -0.39 is 5.79 Å². The van der Waals surface area contributed by atoms with Gasteiger partial charge in [-0.15, -0.1) is 0 Å². The fraction of sp³-hybridized carbons (Fsp3) is 0.250. The van der Waals surface area contributed by atoms with Gasteiger partial charge >= 0.3 is 0 Å². The van der Waals surface area contributed by atoms with E-state index in [0.29, 0.717) is 29.9 Å². The predicted octanol–water partition coefficient (Wildman–Crippen LogP) is 2.57. The van der Waals surface area contributed by atoms with Crippen molar-refractivity contribution in [2.75, 3.05) is 7.11 Å². The molecule has 0 bridgehead atoms. The van der Waals surface area contributed by atoms with Gasteiger partial charge in [-0.2, -0.15) is 0 Å². The van der Waals surface area contributed by atoms with Gasteiger partial charge in [0.2, 0.25) is 5.79 Å². The second-order valence-corrected chi connectivity index (χ2v) is 4.88. The minimum atomic E-state index is -1.51. The third-order valence-corrected chi connectivity index (χ3v) is 3.61. The third-order valence-electron chi connectivity index (χ3n) is 3.61. The largest absolute Gasteiger partial charge is 0.507 e. The van der Waals surface area contributed by atoms with Gasteiger partial charge in [-0.25, -0.2) is 0 Å². The van der Waals surface area contributed by atoms with E-state index in [-0.39, 0.29) is 5.75 Å². The van der Waals surface area contributed by atoms with E-state index >= 15 is 0 Å². The summed E-state index contributed by atoms with van der Waals surface area (Å²) in [7, 11) is 1.52. The number of rotatable bonds is 2.